The maximum absolute atomic E-state index is 12.7. The topological polar surface area (TPSA) is 52.0 Å². The fraction of sp³-hybridized carbons (Fsp3) is 0.500. The molecule has 3 rings (SSSR count). The van der Waals surface area contributed by atoms with Crippen molar-refractivity contribution in [3.05, 3.63) is 42.1 Å². The highest BCUT2D eigenvalue weighted by atomic mass is 19.4. The number of nitrogens with zero attached hydrogens (tertiary/aromatic N) is 3. The molecule has 5 nitrogen and oxygen atoms in total. The zero-order valence-corrected chi connectivity index (χ0v) is 13.3. The van der Waals surface area contributed by atoms with Crippen molar-refractivity contribution in [3.63, 3.8) is 0 Å². The van der Waals surface area contributed by atoms with Gasteiger partial charge in [-0.15, -0.1) is 0 Å². The van der Waals surface area contributed by atoms with Crippen molar-refractivity contribution < 1.29 is 17.9 Å². The summed E-state index contributed by atoms with van der Waals surface area (Å²) in [4.78, 5) is 7.97. The van der Waals surface area contributed by atoms with Gasteiger partial charge >= 0.3 is 6.18 Å². The molecule has 2 aromatic rings. The van der Waals surface area contributed by atoms with Gasteiger partial charge in [0.1, 0.15) is 23.4 Å². The van der Waals surface area contributed by atoms with E-state index in [-0.39, 0.29) is 17.8 Å². The van der Waals surface area contributed by atoms with Crippen molar-refractivity contribution in [2.24, 2.45) is 13.0 Å². The molecule has 1 aliphatic heterocycles. The number of anilines is 1. The Morgan fingerprint density at radius 3 is 2.92 bits per heavy atom. The molecule has 0 radical (unpaired) electrons. The normalized spacial score (nSPS) is 21.7. The average molecular weight is 340 g/mol. The Morgan fingerprint density at radius 1 is 1.38 bits per heavy atom. The van der Waals surface area contributed by atoms with Gasteiger partial charge in [-0.25, -0.2) is 9.97 Å². The van der Waals surface area contributed by atoms with Gasteiger partial charge in [-0.3, -0.25) is 0 Å². The molecule has 0 unspecified atom stereocenters. The molecule has 0 saturated carbocycles. The molecule has 0 bridgehead atoms. The molecule has 8 heteroatoms. The molecule has 130 valence electrons. The van der Waals surface area contributed by atoms with Crippen molar-refractivity contribution >= 4 is 5.82 Å². The van der Waals surface area contributed by atoms with Crippen LogP contribution in [-0.2, 0) is 18.0 Å². The number of hydrogen-bond acceptors (Lipinski definition) is 4. The highest BCUT2D eigenvalue weighted by Crippen LogP contribution is 2.33. The van der Waals surface area contributed by atoms with E-state index >= 15 is 0 Å². The highest BCUT2D eigenvalue weighted by molar-refractivity contribution is 5.36. The Morgan fingerprint density at radius 2 is 2.21 bits per heavy atom. The Bertz CT molecular complexity index is 686. The van der Waals surface area contributed by atoms with E-state index in [4.69, 9.17) is 4.74 Å². The molecule has 24 heavy (non-hydrogen) atoms. The molecule has 0 spiro atoms. The van der Waals surface area contributed by atoms with Crippen LogP contribution in [0, 0.1) is 5.92 Å². The van der Waals surface area contributed by atoms with Gasteiger partial charge in [-0.1, -0.05) is 6.07 Å². The van der Waals surface area contributed by atoms with Gasteiger partial charge in [0.2, 0.25) is 0 Å². The number of pyridine rings is 1. The summed E-state index contributed by atoms with van der Waals surface area (Å²) in [6.45, 7) is 1.14. The summed E-state index contributed by atoms with van der Waals surface area (Å²) in [5, 5.41) is 3.01. The second kappa shape index (κ2) is 6.80. The van der Waals surface area contributed by atoms with Crippen LogP contribution in [0.4, 0.5) is 19.0 Å². The molecular weight excluding hydrogens is 321 g/mol. The van der Waals surface area contributed by atoms with Crippen molar-refractivity contribution in [2.75, 3.05) is 18.5 Å². The third-order valence-corrected chi connectivity index (χ3v) is 4.14. The van der Waals surface area contributed by atoms with Crippen molar-refractivity contribution in [1.29, 1.82) is 0 Å². The van der Waals surface area contributed by atoms with E-state index in [1.54, 1.807) is 6.20 Å². The maximum Gasteiger partial charge on any atom is 0.433 e. The largest absolute Gasteiger partial charge is 0.433 e. The van der Waals surface area contributed by atoms with Crippen LogP contribution in [0.1, 0.15) is 30.5 Å². The molecule has 0 amide bonds. The average Bonchev–Trinajstić information content (AvgIpc) is 2.98. The standard InChI is InChI=1S/C16H19F3N4O/c1-23-8-7-20-15(23)14-11(4-3-9-24-14)10-21-13-6-2-5-12(22-13)16(17,18)19/h2,5-8,11,14H,3-4,9-10H2,1H3,(H,21,22)/t11-,14+/m0/s1. The lowest BCUT2D eigenvalue weighted by molar-refractivity contribution is -0.141. The Labute approximate surface area is 137 Å². The van der Waals surface area contributed by atoms with Gasteiger partial charge in [-0.05, 0) is 25.0 Å². The van der Waals surface area contributed by atoms with Gasteiger partial charge in [0.05, 0.1) is 0 Å². The number of halogens is 3. The Hall–Kier alpha value is -2.09. The summed E-state index contributed by atoms with van der Waals surface area (Å²) < 4.78 is 46.0. The first-order chi connectivity index (χ1) is 11.4. The number of imidazole rings is 1. The van der Waals surface area contributed by atoms with Crippen LogP contribution in [0.15, 0.2) is 30.6 Å². The minimum atomic E-state index is -4.44. The number of ether oxygens (including phenoxy) is 1. The van der Waals surface area contributed by atoms with E-state index in [0.29, 0.717) is 13.2 Å². The van der Waals surface area contributed by atoms with E-state index < -0.39 is 11.9 Å². The van der Waals surface area contributed by atoms with Crippen molar-refractivity contribution in [1.82, 2.24) is 14.5 Å². The van der Waals surface area contributed by atoms with E-state index in [2.05, 4.69) is 15.3 Å². The summed E-state index contributed by atoms with van der Waals surface area (Å²) in [6, 6.07) is 3.85. The second-order valence-corrected chi connectivity index (χ2v) is 5.88. The molecular formula is C16H19F3N4O. The Kier molecular flexibility index (Phi) is 4.75. The second-order valence-electron chi connectivity index (χ2n) is 5.88. The molecule has 1 fully saturated rings. The van der Waals surface area contributed by atoms with Crippen LogP contribution in [0.25, 0.3) is 0 Å². The summed E-state index contributed by atoms with van der Waals surface area (Å²) in [5.74, 6) is 1.17. The third-order valence-electron chi connectivity index (χ3n) is 4.14. The maximum atomic E-state index is 12.7. The first-order valence-corrected chi connectivity index (χ1v) is 7.82. The lowest BCUT2D eigenvalue weighted by Crippen LogP contribution is -2.30. The van der Waals surface area contributed by atoms with E-state index in [0.717, 1.165) is 24.7 Å². The van der Waals surface area contributed by atoms with Crippen LogP contribution < -0.4 is 5.32 Å². The zero-order chi connectivity index (χ0) is 17.2. The first-order valence-electron chi connectivity index (χ1n) is 7.82. The van der Waals surface area contributed by atoms with Gasteiger partial charge in [0, 0.05) is 38.5 Å². The van der Waals surface area contributed by atoms with Gasteiger partial charge < -0.3 is 14.6 Å². The molecule has 1 aliphatic rings. The minimum absolute atomic E-state index is 0.121. The number of rotatable bonds is 4. The van der Waals surface area contributed by atoms with Crippen LogP contribution in [0.3, 0.4) is 0 Å². The zero-order valence-electron chi connectivity index (χ0n) is 13.3. The number of hydrogen-bond donors (Lipinski definition) is 1. The summed E-state index contributed by atoms with van der Waals surface area (Å²) in [7, 11) is 1.90. The van der Waals surface area contributed by atoms with Crippen LogP contribution in [0.2, 0.25) is 0 Å². The van der Waals surface area contributed by atoms with Crippen LogP contribution in [0.5, 0.6) is 0 Å². The van der Waals surface area contributed by atoms with Gasteiger partial charge in [0.25, 0.3) is 0 Å². The molecule has 1 saturated heterocycles. The first kappa shape index (κ1) is 16.8. The highest BCUT2D eigenvalue weighted by Gasteiger charge is 2.33. The molecule has 1 N–H and O–H groups in total. The molecule has 0 aromatic carbocycles. The smallest absolute Gasteiger partial charge is 0.370 e. The van der Waals surface area contributed by atoms with Crippen LogP contribution >= 0.6 is 0 Å². The molecule has 2 aromatic heterocycles. The van der Waals surface area contributed by atoms with Gasteiger partial charge in [0.15, 0.2) is 0 Å². The third kappa shape index (κ3) is 3.69. The van der Waals surface area contributed by atoms with E-state index in [9.17, 15) is 13.2 Å². The fourth-order valence-electron chi connectivity index (χ4n) is 2.92. The fourth-order valence-corrected chi connectivity index (χ4v) is 2.92. The number of nitrogens with one attached hydrogen (secondary N) is 1. The monoisotopic (exact) mass is 340 g/mol. The molecule has 0 aliphatic carbocycles. The molecule has 2 atom stereocenters. The lowest BCUT2D eigenvalue weighted by atomic mass is 9.93. The molecule has 3 heterocycles. The van der Waals surface area contributed by atoms with E-state index in [1.165, 1.54) is 12.1 Å². The lowest BCUT2D eigenvalue weighted by Gasteiger charge is -2.31. The summed E-state index contributed by atoms with van der Waals surface area (Å²) in [5.41, 5.74) is -0.895. The van der Waals surface area contributed by atoms with Crippen molar-refractivity contribution in [2.45, 2.75) is 25.1 Å². The predicted molar refractivity (Wildman–Crippen MR) is 82.4 cm³/mol. The predicted octanol–water partition coefficient (Wildman–Crippen LogP) is 3.41. The summed E-state index contributed by atoms with van der Waals surface area (Å²) >= 11 is 0. The Balaban J connectivity index is 1.70. The summed E-state index contributed by atoms with van der Waals surface area (Å²) in [6.07, 6.45) is 0.795. The SMILES string of the molecule is Cn1ccnc1[C@@H]1OCCC[C@H]1CNc1cccc(C(F)(F)F)n1. The number of aryl methyl sites for hydroxylation is 1. The number of alkyl halides is 3. The van der Waals surface area contributed by atoms with Crippen LogP contribution in [-0.4, -0.2) is 27.7 Å². The van der Waals surface area contributed by atoms with E-state index in [1.807, 2.05) is 17.8 Å². The minimum Gasteiger partial charge on any atom is -0.370 e. The van der Waals surface area contributed by atoms with Gasteiger partial charge in [-0.2, -0.15) is 13.2 Å². The number of aromatic nitrogens is 3. The van der Waals surface area contributed by atoms with Crippen molar-refractivity contribution in [3.8, 4) is 0 Å². The quantitative estimate of drug-likeness (QED) is 0.927.